The monoisotopic (exact) mass is 257 g/mol. The van der Waals surface area contributed by atoms with Gasteiger partial charge in [-0.1, -0.05) is 37.3 Å². The van der Waals surface area contributed by atoms with E-state index in [1.54, 1.807) is 0 Å². The van der Waals surface area contributed by atoms with E-state index in [0.29, 0.717) is 6.04 Å². The van der Waals surface area contributed by atoms with E-state index in [1.165, 1.54) is 11.3 Å². The Morgan fingerprint density at radius 2 is 1.68 bits per heavy atom. The SMILES string of the molecule is CC[C@H](C)n1c(CO)ccc1CCc1ccccc1. The lowest BCUT2D eigenvalue weighted by molar-refractivity contribution is 0.265. The molecule has 0 aliphatic carbocycles. The van der Waals surface area contributed by atoms with Crippen molar-refractivity contribution in [2.45, 2.75) is 45.8 Å². The minimum atomic E-state index is 0.121. The molecule has 19 heavy (non-hydrogen) atoms. The molecule has 0 spiro atoms. The highest BCUT2D eigenvalue weighted by Crippen LogP contribution is 2.20. The average molecular weight is 257 g/mol. The van der Waals surface area contributed by atoms with E-state index in [4.69, 9.17) is 0 Å². The fourth-order valence-corrected chi connectivity index (χ4v) is 2.54. The molecule has 0 aliphatic rings. The maximum Gasteiger partial charge on any atom is 0.0833 e. The van der Waals surface area contributed by atoms with E-state index in [9.17, 15) is 5.11 Å². The molecule has 0 saturated carbocycles. The third-order valence-corrected chi connectivity index (χ3v) is 3.79. The van der Waals surface area contributed by atoms with Crippen LogP contribution in [-0.4, -0.2) is 9.67 Å². The zero-order valence-corrected chi connectivity index (χ0v) is 11.8. The van der Waals surface area contributed by atoms with Gasteiger partial charge in [0.1, 0.15) is 0 Å². The van der Waals surface area contributed by atoms with Gasteiger partial charge in [-0.05, 0) is 43.9 Å². The van der Waals surface area contributed by atoms with Crippen LogP contribution in [0.15, 0.2) is 42.5 Å². The Hall–Kier alpha value is -1.54. The summed E-state index contributed by atoms with van der Waals surface area (Å²) >= 11 is 0. The fraction of sp³-hybridized carbons (Fsp3) is 0.412. The van der Waals surface area contributed by atoms with E-state index in [2.05, 4.69) is 54.8 Å². The highest BCUT2D eigenvalue weighted by atomic mass is 16.3. The van der Waals surface area contributed by atoms with Crippen LogP contribution in [0.2, 0.25) is 0 Å². The number of aryl methyl sites for hydroxylation is 2. The maximum absolute atomic E-state index is 9.44. The molecule has 2 heteroatoms. The van der Waals surface area contributed by atoms with Gasteiger partial charge in [-0.2, -0.15) is 0 Å². The molecule has 2 rings (SSSR count). The summed E-state index contributed by atoms with van der Waals surface area (Å²) in [5.74, 6) is 0. The fourth-order valence-electron chi connectivity index (χ4n) is 2.54. The zero-order chi connectivity index (χ0) is 13.7. The number of aliphatic hydroxyl groups is 1. The second-order valence-corrected chi connectivity index (χ2v) is 5.09. The Morgan fingerprint density at radius 1 is 1.00 bits per heavy atom. The first-order chi connectivity index (χ1) is 9.26. The van der Waals surface area contributed by atoms with Gasteiger partial charge in [-0.3, -0.25) is 0 Å². The number of hydrogen-bond acceptors (Lipinski definition) is 1. The predicted octanol–water partition coefficient (Wildman–Crippen LogP) is 3.74. The molecule has 0 saturated heterocycles. The van der Waals surface area contributed by atoms with Crippen LogP contribution in [0.4, 0.5) is 0 Å². The Bertz CT molecular complexity index is 501. The number of aromatic nitrogens is 1. The van der Waals surface area contributed by atoms with Gasteiger partial charge >= 0.3 is 0 Å². The van der Waals surface area contributed by atoms with Crippen molar-refractivity contribution in [3.8, 4) is 0 Å². The van der Waals surface area contributed by atoms with Crippen molar-refractivity contribution in [2.24, 2.45) is 0 Å². The standard InChI is InChI=1S/C17H23NO/c1-3-14(2)18-16(11-12-17(18)13-19)10-9-15-7-5-4-6-8-15/h4-8,11-12,14,19H,3,9-10,13H2,1-2H3/t14-/m0/s1. The molecule has 1 aromatic heterocycles. The molecule has 0 bridgehead atoms. The van der Waals surface area contributed by atoms with Gasteiger partial charge in [-0.25, -0.2) is 0 Å². The molecule has 2 nitrogen and oxygen atoms in total. The van der Waals surface area contributed by atoms with Gasteiger partial charge in [-0.15, -0.1) is 0 Å². The summed E-state index contributed by atoms with van der Waals surface area (Å²) in [6, 6.07) is 15.2. The van der Waals surface area contributed by atoms with E-state index in [1.807, 2.05) is 6.07 Å². The molecule has 1 atom stereocenters. The summed E-state index contributed by atoms with van der Waals surface area (Å²) in [4.78, 5) is 0. The summed E-state index contributed by atoms with van der Waals surface area (Å²) in [5.41, 5.74) is 3.71. The molecule has 0 aliphatic heterocycles. The van der Waals surface area contributed by atoms with E-state index in [-0.39, 0.29) is 6.61 Å². The Balaban J connectivity index is 2.14. The number of aliphatic hydroxyl groups excluding tert-OH is 1. The number of hydrogen-bond donors (Lipinski definition) is 1. The number of nitrogens with zero attached hydrogens (tertiary/aromatic N) is 1. The van der Waals surface area contributed by atoms with Crippen LogP contribution in [0.1, 0.15) is 43.3 Å². The van der Waals surface area contributed by atoms with Crippen LogP contribution in [-0.2, 0) is 19.4 Å². The van der Waals surface area contributed by atoms with Crippen LogP contribution >= 0.6 is 0 Å². The van der Waals surface area contributed by atoms with Crippen molar-refractivity contribution in [2.75, 3.05) is 0 Å². The first kappa shape index (κ1) is 13.9. The lowest BCUT2D eigenvalue weighted by atomic mass is 10.1. The van der Waals surface area contributed by atoms with Crippen LogP contribution < -0.4 is 0 Å². The quantitative estimate of drug-likeness (QED) is 0.838. The van der Waals surface area contributed by atoms with E-state index in [0.717, 1.165) is 25.0 Å². The van der Waals surface area contributed by atoms with Crippen molar-refractivity contribution >= 4 is 0 Å². The highest BCUT2D eigenvalue weighted by molar-refractivity contribution is 5.20. The second-order valence-electron chi connectivity index (χ2n) is 5.09. The number of benzene rings is 1. The lowest BCUT2D eigenvalue weighted by Gasteiger charge is -2.19. The first-order valence-electron chi connectivity index (χ1n) is 7.10. The average Bonchev–Trinajstić information content (AvgIpc) is 2.88. The van der Waals surface area contributed by atoms with Crippen molar-refractivity contribution < 1.29 is 5.11 Å². The van der Waals surface area contributed by atoms with Crippen molar-refractivity contribution in [1.82, 2.24) is 4.57 Å². The normalized spacial score (nSPS) is 12.6. The third kappa shape index (κ3) is 3.27. The summed E-state index contributed by atoms with van der Waals surface area (Å²) in [6.45, 7) is 4.52. The van der Waals surface area contributed by atoms with Crippen molar-refractivity contribution in [3.63, 3.8) is 0 Å². The molecule has 1 heterocycles. The summed E-state index contributed by atoms with van der Waals surface area (Å²) in [5, 5.41) is 9.44. The van der Waals surface area contributed by atoms with E-state index >= 15 is 0 Å². The Morgan fingerprint density at radius 3 is 2.32 bits per heavy atom. The summed E-state index contributed by atoms with van der Waals surface area (Å²) in [6.07, 6.45) is 3.15. The van der Waals surface area contributed by atoms with Crippen molar-refractivity contribution in [1.29, 1.82) is 0 Å². The molecule has 0 amide bonds. The molecule has 2 aromatic rings. The summed E-state index contributed by atoms with van der Waals surface area (Å²) < 4.78 is 2.29. The number of rotatable bonds is 6. The molecule has 1 N–H and O–H groups in total. The summed E-state index contributed by atoms with van der Waals surface area (Å²) in [7, 11) is 0. The molecule has 0 radical (unpaired) electrons. The molecular formula is C17H23NO. The Kier molecular flexibility index (Phi) is 4.80. The van der Waals surface area contributed by atoms with Gasteiger partial charge in [0, 0.05) is 17.4 Å². The smallest absolute Gasteiger partial charge is 0.0833 e. The van der Waals surface area contributed by atoms with Gasteiger partial charge in [0.15, 0.2) is 0 Å². The molecule has 0 fully saturated rings. The zero-order valence-electron chi connectivity index (χ0n) is 11.8. The molecular weight excluding hydrogens is 234 g/mol. The van der Waals surface area contributed by atoms with Crippen LogP contribution in [0.25, 0.3) is 0 Å². The van der Waals surface area contributed by atoms with Crippen LogP contribution in [0, 0.1) is 0 Å². The lowest BCUT2D eigenvalue weighted by Crippen LogP contribution is -2.12. The van der Waals surface area contributed by atoms with Gasteiger partial charge in [0.2, 0.25) is 0 Å². The minimum Gasteiger partial charge on any atom is -0.390 e. The topological polar surface area (TPSA) is 25.2 Å². The Labute approximate surface area is 115 Å². The third-order valence-electron chi connectivity index (χ3n) is 3.79. The van der Waals surface area contributed by atoms with E-state index < -0.39 is 0 Å². The maximum atomic E-state index is 9.44. The predicted molar refractivity (Wildman–Crippen MR) is 79.2 cm³/mol. The van der Waals surface area contributed by atoms with Gasteiger partial charge < -0.3 is 9.67 Å². The molecule has 1 aromatic carbocycles. The largest absolute Gasteiger partial charge is 0.390 e. The molecule has 102 valence electrons. The minimum absolute atomic E-state index is 0.121. The molecule has 0 unspecified atom stereocenters. The van der Waals surface area contributed by atoms with Gasteiger partial charge in [0.05, 0.1) is 6.61 Å². The van der Waals surface area contributed by atoms with Gasteiger partial charge in [0.25, 0.3) is 0 Å². The van der Waals surface area contributed by atoms with Crippen LogP contribution in [0.3, 0.4) is 0 Å². The van der Waals surface area contributed by atoms with Crippen molar-refractivity contribution in [3.05, 3.63) is 59.4 Å². The van der Waals surface area contributed by atoms with Crippen LogP contribution in [0.5, 0.6) is 0 Å². The first-order valence-corrected chi connectivity index (χ1v) is 7.10. The second kappa shape index (κ2) is 6.58. The highest BCUT2D eigenvalue weighted by Gasteiger charge is 2.12.